The van der Waals surface area contributed by atoms with Crippen molar-refractivity contribution in [3.8, 4) is 0 Å². The van der Waals surface area contributed by atoms with Crippen LogP contribution in [0.3, 0.4) is 0 Å². The summed E-state index contributed by atoms with van der Waals surface area (Å²) in [5.74, 6) is 0.535. The second-order valence-electron chi connectivity index (χ2n) is 4.15. The molecule has 0 saturated heterocycles. The maximum absolute atomic E-state index is 11.8. The zero-order chi connectivity index (χ0) is 11.8. The van der Waals surface area contributed by atoms with E-state index in [-0.39, 0.29) is 6.67 Å². The Morgan fingerprint density at radius 2 is 1.94 bits per heavy atom. The first kappa shape index (κ1) is 13.0. The van der Waals surface area contributed by atoms with Gasteiger partial charge in [0, 0.05) is 12.2 Å². The Bertz CT molecular complexity index is 284. The molecule has 0 aromatic heterocycles. The number of alkyl halides is 1. The number of nitrogens with two attached hydrogens (primary N) is 1. The molecule has 3 N–H and O–H groups in total. The van der Waals surface area contributed by atoms with Gasteiger partial charge < -0.3 is 11.1 Å². The smallest absolute Gasteiger partial charge is 0.102 e. The standard InChI is InChI=1S/C13H21FN2/c1-11(3-2-9-16-10-8-14)12-4-6-13(15)7-5-12/h4-7,11,16H,2-3,8-10,15H2,1H3/t11-/m0/s1. The summed E-state index contributed by atoms with van der Waals surface area (Å²) in [6.45, 7) is 3.29. The molecule has 1 rings (SSSR count). The highest BCUT2D eigenvalue weighted by Crippen LogP contribution is 2.21. The first-order valence-corrected chi connectivity index (χ1v) is 5.86. The zero-order valence-electron chi connectivity index (χ0n) is 9.88. The fourth-order valence-corrected chi connectivity index (χ4v) is 1.72. The summed E-state index contributed by atoms with van der Waals surface area (Å²) in [6.07, 6.45) is 2.19. The summed E-state index contributed by atoms with van der Waals surface area (Å²) in [6, 6.07) is 8.03. The Morgan fingerprint density at radius 1 is 1.25 bits per heavy atom. The fraction of sp³-hybridized carbons (Fsp3) is 0.538. The molecule has 0 aliphatic rings. The first-order valence-electron chi connectivity index (χ1n) is 5.86. The summed E-state index contributed by atoms with van der Waals surface area (Å²) >= 11 is 0. The highest BCUT2D eigenvalue weighted by Gasteiger charge is 2.04. The van der Waals surface area contributed by atoms with Gasteiger partial charge in [-0.15, -0.1) is 0 Å². The molecule has 1 aromatic rings. The molecule has 0 saturated carbocycles. The van der Waals surface area contributed by atoms with Crippen molar-refractivity contribution >= 4 is 5.69 Å². The maximum atomic E-state index is 11.8. The second-order valence-corrected chi connectivity index (χ2v) is 4.15. The SMILES string of the molecule is C[C@@H](CCCNCCF)c1ccc(N)cc1. The quantitative estimate of drug-likeness (QED) is 0.552. The van der Waals surface area contributed by atoms with Crippen LogP contribution in [0.1, 0.15) is 31.2 Å². The molecule has 0 radical (unpaired) electrons. The van der Waals surface area contributed by atoms with Crippen molar-refractivity contribution in [3.05, 3.63) is 29.8 Å². The average molecular weight is 224 g/mol. The van der Waals surface area contributed by atoms with Gasteiger partial charge in [-0.3, -0.25) is 0 Å². The van der Waals surface area contributed by atoms with Crippen LogP contribution in [-0.4, -0.2) is 19.8 Å². The van der Waals surface area contributed by atoms with E-state index in [2.05, 4.69) is 24.4 Å². The van der Waals surface area contributed by atoms with Crippen molar-refractivity contribution in [3.63, 3.8) is 0 Å². The molecule has 0 fully saturated rings. The Hall–Kier alpha value is -1.09. The van der Waals surface area contributed by atoms with Crippen LogP contribution in [0.15, 0.2) is 24.3 Å². The van der Waals surface area contributed by atoms with Crippen LogP contribution >= 0.6 is 0 Å². The highest BCUT2D eigenvalue weighted by atomic mass is 19.1. The van der Waals surface area contributed by atoms with Crippen molar-refractivity contribution in [1.82, 2.24) is 5.32 Å². The first-order chi connectivity index (χ1) is 7.74. The van der Waals surface area contributed by atoms with E-state index in [1.807, 2.05) is 12.1 Å². The van der Waals surface area contributed by atoms with Gasteiger partial charge in [-0.05, 0) is 43.0 Å². The van der Waals surface area contributed by atoms with Gasteiger partial charge in [0.05, 0.1) is 0 Å². The van der Waals surface area contributed by atoms with Crippen molar-refractivity contribution in [2.75, 3.05) is 25.5 Å². The van der Waals surface area contributed by atoms with E-state index in [9.17, 15) is 4.39 Å². The van der Waals surface area contributed by atoms with E-state index >= 15 is 0 Å². The Labute approximate surface area is 97.0 Å². The summed E-state index contributed by atoms with van der Waals surface area (Å²) in [5.41, 5.74) is 7.76. The predicted octanol–water partition coefficient (Wildman–Crippen LogP) is 2.71. The lowest BCUT2D eigenvalue weighted by Crippen LogP contribution is -2.18. The van der Waals surface area contributed by atoms with Crippen molar-refractivity contribution in [2.24, 2.45) is 0 Å². The molecule has 1 atom stereocenters. The van der Waals surface area contributed by atoms with Crippen LogP contribution in [0.25, 0.3) is 0 Å². The highest BCUT2D eigenvalue weighted by molar-refractivity contribution is 5.40. The molecule has 90 valence electrons. The van der Waals surface area contributed by atoms with Crippen LogP contribution in [0.5, 0.6) is 0 Å². The van der Waals surface area contributed by atoms with Crippen LogP contribution in [0, 0.1) is 0 Å². The van der Waals surface area contributed by atoms with Crippen molar-refractivity contribution < 1.29 is 4.39 Å². The van der Waals surface area contributed by atoms with Crippen LogP contribution < -0.4 is 11.1 Å². The summed E-state index contributed by atoms with van der Waals surface area (Å²) in [7, 11) is 0. The molecule has 1 aromatic carbocycles. The third-order valence-electron chi connectivity index (χ3n) is 2.77. The molecule has 2 nitrogen and oxygen atoms in total. The number of nitrogen functional groups attached to an aromatic ring is 1. The number of hydrogen-bond acceptors (Lipinski definition) is 2. The van der Waals surface area contributed by atoms with E-state index in [0.29, 0.717) is 12.5 Å². The van der Waals surface area contributed by atoms with Gasteiger partial charge >= 0.3 is 0 Å². The molecule has 0 unspecified atom stereocenters. The second kappa shape index (κ2) is 7.23. The lowest BCUT2D eigenvalue weighted by atomic mass is 9.96. The van der Waals surface area contributed by atoms with Gasteiger partial charge in [-0.1, -0.05) is 19.1 Å². The molecule has 0 aliphatic heterocycles. The minimum Gasteiger partial charge on any atom is -0.399 e. The summed E-state index contributed by atoms with van der Waals surface area (Å²) in [4.78, 5) is 0. The Balaban J connectivity index is 2.24. The predicted molar refractivity (Wildman–Crippen MR) is 67.3 cm³/mol. The van der Waals surface area contributed by atoms with E-state index in [0.717, 1.165) is 25.1 Å². The lowest BCUT2D eigenvalue weighted by molar-refractivity contribution is 0.460. The molecule has 16 heavy (non-hydrogen) atoms. The third kappa shape index (κ3) is 4.62. The van der Waals surface area contributed by atoms with Crippen LogP contribution in [-0.2, 0) is 0 Å². The topological polar surface area (TPSA) is 38.0 Å². The molecule has 0 bridgehead atoms. The minimum atomic E-state index is -0.284. The van der Waals surface area contributed by atoms with Crippen LogP contribution in [0.2, 0.25) is 0 Å². The molecular weight excluding hydrogens is 203 g/mol. The number of rotatable bonds is 7. The monoisotopic (exact) mass is 224 g/mol. The number of halogens is 1. The molecule has 0 amide bonds. The molecule has 3 heteroatoms. The zero-order valence-corrected chi connectivity index (χ0v) is 9.88. The third-order valence-corrected chi connectivity index (χ3v) is 2.77. The lowest BCUT2D eigenvalue weighted by Gasteiger charge is -2.12. The van der Waals surface area contributed by atoms with E-state index < -0.39 is 0 Å². The van der Waals surface area contributed by atoms with Crippen molar-refractivity contribution in [2.45, 2.75) is 25.7 Å². The van der Waals surface area contributed by atoms with E-state index in [4.69, 9.17) is 5.73 Å². The number of hydrogen-bond donors (Lipinski definition) is 2. The fourth-order valence-electron chi connectivity index (χ4n) is 1.72. The normalized spacial score (nSPS) is 12.6. The van der Waals surface area contributed by atoms with Gasteiger partial charge in [-0.2, -0.15) is 0 Å². The summed E-state index contributed by atoms with van der Waals surface area (Å²) < 4.78 is 11.8. The van der Waals surface area contributed by atoms with E-state index in [1.54, 1.807) is 0 Å². The molecule has 0 spiro atoms. The van der Waals surface area contributed by atoms with Gasteiger partial charge in [0.1, 0.15) is 6.67 Å². The van der Waals surface area contributed by atoms with E-state index in [1.165, 1.54) is 5.56 Å². The van der Waals surface area contributed by atoms with Gasteiger partial charge in [0.25, 0.3) is 0 Å². The van der Waals surface area contributed by atoms with Crippen molar-refractivity contribution in [1.29, 1.82) is 0 Å². The van der Waals surface area contributed by atoms with Gasteiger partial charge in [0.2, 0.25) is 0 Å². The number of nitrogens with one attached hydrogen (secondary N) is 1. The molecular formula is C13H21FN2. The number of anilines is 1. The van der Waals surface area contributed by atoms with Gasteiger partial charge in [-0.25, -0.2) is 4.39 Å². The average Bonchev–Trinajstić information content (AvgIpc) is 2.29. The number of benzene rings is 1. The minimum absolute atomic E-state index is 0.284. The van der Waals surface area contributed by atoms with Crippen LogP contribution in [0.4, 0.5) is 10.1 Å². The maximum Gasteiger partial charge on any atom is 0.102 e. The molecule has 0 heterocycles. The largest absolute Gasteiger partial charge is 0.399 e. The Kier molecular flexibility index (Phi) is 5.86. The summed E-state index contributed by atoms with van der Waals surface area (Å²) in [5, 5.41) is 3.06. The van der Waals surface area contributed by atoms with Gasteiger partial charge in [0.15, 0.2) is 0 Å². The Morgan fingerprint density at radius 3 is 2.56 bits per heavy atom. The molecule has 0 aliphatic carbocycles.